The minimum atomic E-state index is -1.40. The van der Waals surface area contributed by atoms with E-state index in [4.69, 9.17) is 16.3 Å². The molecule has 1 aromatic carbocycles. The van der Waals surface area contributed by atoms with Crippen LogP contribution in [0.1, 0.15) is 56.0 Å². The van der Waals surface area contributed by atoms with E-state index >= 15 is 4.39 Å². The number of methoxy groups -OCH3 is 1. The average molecular weight is 515 g/mol. The number of halogens is 2. The van der Waals surface area contributed by atoms with E-state index < -0.39 is 17.6 Å². The Bertz CT molecular complexity index is 1170. The van der Waals surface area contributed by atoms with Crippen LogP contribution in [0.2, 0.25) is 5.02 Å². The van der Waals surface area contributed by atoms with Crippen molar-refractivity contribution in [3.63, 3.8) is 0 Å². The van der Waals surface area contributed by atoms with Gasteiger partial charge in [0.25, 0.3) is 0 Å². The summed E-state index contributed by atoms with van der Waals surface area (Å²) in [4.78, 5) is 27.3. The number of unbranched alkanes of at least 4 members (excludes halogenated alkanes) is 1. The van der Waals surface area contributed by atoms with Gasteiger partial charge in [0.1, 0.15) is 11.9 Å². The van der Waals surface area contributed by atoms with Gasteiger partial charge >= 0.3 is 5.97 Å². The lowest BCUT2D eigenvalue weighted by Gasteiger charge is -2.39. The SMILES string of the molecule is COc1ccc2ncc(Cl)c([C@@H](F)CCC3(C(=O)O)CCN(CCCCc4cnccn4)CC3)c2c1. The molecule has 2 aromatic heterocycles. The number of benzene rings is 1. The molecule has 3 heterocycles. The molecule has 7 nitrogen and oxygen atoms in total. The van der Waals surface area contributed by atoms with Gasteiger partial charge in [0.05, 0.1) is 28.8 Å². The van der Waals surface area contributed by atoms with E-state index in [-0.39, 0.29) is 17.9 Å². The molecule has 0 bridgehead atoms. The molecule has 36 heavy (non-hydrogen) atoms. The topological polar surface area (TPSA) is 88.4 Å². The number of carbonyl (C=O) groups is 1. The van der Waals surface area contributed by atoms with Crippen molar-refractivity contribution in [2.45, 2.75) is 51.1 Å². The lowest BCUT2D eigenvalue weighted by molar-refractivity contribution is -0.153. The molecule has 0 spiro atoms. The van der Waals surface area contributed by atoms with Crippen LogP contribution < -0.4 is 4.74 Å². The summed E-state index contributed by atoms with van der Waals surface area (Å²) < 4.78 is 20.9. The van der Waals surface area contributed by atoms with Crippen molar-refractivity contribution in [3.8, 4) is 5.75 Å². The molecule has 3 aromatic rings. The Morgan fingerprint density at radius 3 is 2.72 bits per heavy atom. The number of fused-ring (bicyclic) bond motifs is 1. The Kier molecular flexibility index (Phi) is 8.69. The van der Waals surface area contributed by atoms with E-state index in [9.17, 15) is 9.90 Å². The molecule has 1 aliphatic rings. The van der Waals surface area contributed by atoms with Gasteiger partial charge in [-0.05, 0) is 82.8 Å². The van der Waals surface area contributed by atoms with Crippen molar-refractivity contribution < 1.29 is 19.0 Å². The van der Waals surface area contributed by atoms with Crippen molar-refractivity contribution in [2.24, 2.45) is 5.41 Å². The number of ether oxygens (including phenoxy) is 1. The molecule has 1 aliphatic heterocycles. The number of aromatic nitrogens is 3. The first-order valence-corrected chi connectivity index (χ1v) is 12.8. The number of likely N-dealkylation sites (tertiary alicyclic amines) is 1. The monoisotopic (exact) mass is 514 g/mol. The Labute approximate surface area is 215 Å². The zero-order valence-corrected chi connectivity index (χ0v) is 21.3. The Morgan fingerprint density at radius 1 is 1.22 bits per heavy atom. The molecule has 4 rings (SSSR count). The first kappa shape index (κ1) is 26.2. The molecule has 0 saturated carbocycles. The van der Waals surface area contributed by atoms with Crippen LogP contribution >= 0.6 is 11.6 Å². The number of hydrogen-bond donors (Lipinski definition) is 1. The lowest BCUT2D eigenvalue weighted by atomic mass is 9.74. The second-order valence-corrected chi connectivity index (χ2v) is 9.90. The number of aryl methyl sites for hydroxylation is 1. The predicted molar refractivity (Wildman–Crippen MR) is 137 cm³/mol. The predicted octanol–water partition coefficient (Wildman–Crippen LogP) is 5.67. The van der Waals surface area contributed by atoms with Gasteiger partial charge in [-0.25, -0.2) is 4.39 Å². The summed E-state index contributed by atoms with van der Waals surface area (Å²) in [7, 11) is 1.55. The zero-order valence-electron chi connectivity index (χ0n) is 20.5. The summed E-state index contributed by atoms with van der Waals surface area (Å²) in [5.41, 5.74) is 1.04. The normalized spacial score (nSPS) is 16.6. The Morgan fingerprint density at radius 2 is 2.03 bits per heavy atom. The van der Waals surface area contributed by atoms with Gasteiger partial charge in [-0.1, -0.05) is 11.6 Å². The number of carboxylic acid groups (broad SMARTS) is 1. The van der Waals surface area contributed by atoms with Crippen molar-refractivity contribution in [1.82, 2.24) is 19.9 Å². The molecular formula is C27H32ClFN4O3. The summed E-state index contributed by atoms with van der Waals surface area (Å²) in [5.74, 6) is -0.254. The number of pyridine rings is 1. The second kappa shape index (κ2) is 11.9. The Hall–Kier alpha value is -2.84. The van der Waals surface area contributed by atoms with Crippen molar-refractivity contribution in [3.05, 3.63) is 59.3 Å². The molecule has 0 unspecified atom stereocenters. The van der Waals surface area contributed by atoms with Crippen LogP contribution in [-0.2, 0) is 11.2 Å². The number of rotatable bonds is 11. The lowest BCUT2D eigenvalue weighted by Crippen LogP contribution is -2.44. The van der Waals surface area contributed by atoms with Crippen LogP contribution in [0.5, 0.6) is 5.75 Å². The van der Waals surface area contributed by atoms with E-state index in [0.29, 0.717) is 48.1 Å². The smallest absolute Gasteiger partial charge is 0.309 e. The highest BCUT2D eigenvalue weighted by Crippen LogP contribution is 2.42. The number of carboxylic acids is 1. The first-order valence-electron chi connectivity index (χ1n) is 12.4. The number of nitrogens with zero attached hydrogens (tertiary/aromatic N) is 4. The molecule has 9 heteroatoms. The largest absolute Gasteiger partial charge is 0.497 e. The molecule has 0 radical (unpaired) electrons. The third kappa shape index (κ3) is 6.10. The summed E-state index contributed by atoms with van der Waals surface area (Å²) in [6.07, 6.45) is 9.49. The van der Waals surface area contributed by atoms with Gasteiger partial charge in [0, 0.05) is 35.7 Å². The molecule has 1 fully saturated rings. The van der Waals surface area contributed by atoms with Crippen molar-refractivity contribution >= 4 is 28.5 Å². The summed E-state index contributed by atoms with van der Waals surface area (Å²) >= 11 is 6.36. The van der Waals surface area contributed by atoms with Crippen LogP contribution in [0.25, 0.3) is 10.9 Å². The van der Waals surface area contributed by atoms with Crippen LogP contribution in [0.15, 0.2) is 43.0 Å². The maximum Gasteiger partial charge on any atom is 0.309 e. The zero-order chi connectivity index (χ0) is 25.5. The van der Waals surface area contributed by atoms with Gasteiger partial charge in [0.2, 0.25) is 0 Å². The molecule has 0 aliphatic carbocycles. The fraction of sp³-hybridized carbons (Fsp3) is 0.481. The van der Waals surface area contributed by atoms with Crippen LogP contribution in [0, 0.1) is 5.41 Å². The highest BCUT2D eigenvalue weighted by Gasteiger charge is 2.41. The summed E-state index contributed by atoms with van der Waals surface area (Å²) in [6.45, 7) is 2.32. The maximum atomic E-state index is 15.6. The minimum Gasteiger partial charge on any atom is -0.497 e. The fourth-order valence-corrected chi connectivity index (χ4v) is 5.31. The first-order chi connectivity index (χ1) is 17.4. The molecular weight excluding hydrogens is 483 g/mol. The van der Waals surface area contributed by atoms with Gasteiger partial charge in [-0.3, -0.25) is 19.7 Å². The summed E-state index contributed by atoms with van der Waals surface area (Å²) in [5, 5.41) is 10.9. The fourth-order valence-electron chi connectivity index (χ4n) is 5.04. The third-order valence-electron chi connectivity index (χ3n) is 7.30. The van der Waals surface area contributed by atoms with Crippen LogP contribution in [0.3, 0.4) is 0 Å². The minimum absolute atomic E-state index is 0.0838. The second-order valence-electron chi connectivity index (χ2n) is 9.49. The highest BCUT2D eigenvalue weighted by atomic mass is 35.5. The standard InChI is InChI=1S/C27H32ClFN4O3/c1-36-20-5-6-24-21(16-20)25(22(28)18-32-24)23(29)7-8-27(26(34)35)9-14-33(15-10-27)13-3-2-4-19-17-30-11-12-31-19/h5-6,11-12,16-18,23H,2-4,7-10,13-15H2,1H3,(H,34,35)/t23-/m0/s1. The van der Waals surface area contributed by atoms with Crippen molar-refractivity contribution in [2.75, 3.05) is 26.7 Å². The average Bonchev–Trinajstić information content (AvgIpc) is 2.90. The van der Waals surface area contributed by atoms with Gasteiger partial charge in [-0.2, -0.15) is 0 Å². The van der Waals surface area contributed by atoms with E-state index in [0.717, 1.165) is 31.5 Å². The van der Waals surface area contributed by atoms with Crippen molar-refractivity contribution in [1.29, 1.82) is 0 Å². The highest BCUT2D eigenvalue weighted by molar-refractivity contribution is 6.32. The van der Waals surface area contributed by atoms with E-state index in [1.165, 1.54) is 6.20 Å². The van der Waals surface area contributed by atoms with Gasteiger partial charge < -0.3 is 14.7 Å². The summed E-state index contributed by atoms with van der Waals surface area (Å²) in [6, 6.07) is 5.26. The number of piperidine rings is 1. The van der Waals surface area contributed by atoms with Gasteiger partial charge in [-0.15, -0.1) is 0 Å². The quantitative estimate of drug-likeness (QED) is 0.330. The number of aliphatic carboxylic acids is 1. The van der Waals surface area contributed by atoms with Crippen LogP contribution in [-0.4, -0.2) is 57.7 Å². The van der Waals surface area contributed by atoms with E-state index in [1.54, 1.807) is 43.9 Å². The molecule has 1 atom stereocenters. The molecule has 0 amide bonds. The molecule has 192 valence electrons. The maximum absolute atomic E-state index is 15.6. The number of alkyl halides is 1. The molecule has 1 saturated heterocycles. The van der Waals surface area contributed by atoms with Gasteiger partial charge in [0.15, 0.2) is 0 Å². The third-order valence-corrected chi connectivity index (χ3v) is 7.60. The van der Waals surface area contributed by atoms with Crippen LogP contribution in [0.4, 0.5) is 4.39 Å². The molecule has 1 N–H and O–H groups in total. The Balaban J connectivity index is 1.34. The van der Waals surface area contributed by atoms with E-state index in [2.05, 4.69) is 19.9 Å². The van der Waals surface area contributed by atoms with E-state index in [1.807, 2.05) is 0 Å². The number of hydrogen-bond acceptors (Lipinski definition) is 6.